The molecular weight excluding hydrogens is 350 g/mol. The van der Waals surface area contributed by atoms with Crippen LogP contribution in [0.4, 0.5) is 0 Å². The van der Waals surface area contributed by atoms with Gasteiger partial charge in [0, 0.05) is 13.1 Å². The van der Waals surface area contributed by atoms with E-state index in [1.165, 1.54) is 0 Å². The third kappa shape index (κ3) is 3.33. The van der Waals surface area contributed by atoms with E-state index in [-0.39, 0.29) is 17.4 Å². The number of H-pyrrole nitrogens is 1. The molecule has 1 aromatic rings. The number of carboxylic acid groups (broad SMARTS) is 1. The van der Waals surface area contributed by atoms with Crippen LogP contribution >= 0.6 is 0 Å². The van der Waals surface area contributed by atoms with Crippen molar-refractivity contribution in [2.45, 2.75) is 19.4 Å². The minimum absolute atomic E-state index is 0.137. The SMILES string of the molecule is O=C(O)C1CCN(CCn2c3nc(=O)[nH]c(=O)c-3nc3ccccc32)CC1. The number of carbonyl (C=O) groups is 1. The second-order valence-electron chi connectivity index (χ2n) is 6.75. The summed E-state index contributed by atoms with van der Waals surface area (Å²) in [5.74, 6) is -0.746. The van der Waals surface area contributed by atoms with Crippen molar-refractivity contribution in [3.8, 4) is 11.5 Å². The summed E-state index contributed by atoms with van der Waals surface area (Å²) in [5, 5.41) is 9.12. The zero-order valence-corrected chi connectivity index (χ0v) is 14.6. The molecule has 1 fully saturated rings. The fraction of sp³-hybridized carbons (Fsp3) is 0.389. The second-order valence-corrected chi connectivity index (χ2v) is 6.75. The number of nitrogens with zero attached hydrogens (tertiary/aromatic N) is 4. The smallest absolute Gasteiger partial charge is 0.349 e. The van der Waals surface area contributed by atoms with Crippen molar-refractivity contribution in [3.05, 3.63) is 45.1 Å². The largest absolute Gasteiger partial charge is 0.481 e. The Morgan fingerprint density at radius 3 is 2.63 bits per heavy atom. The van der Waals surface area contributed by atoms with Gasteiger partial charge in [0.1, 0.15) is 0 Å². The van der Waals surface area contributed by atoms with E-state index in [1.807, 2.05) is 28.8 Å². The maximum absolute atomic E-state index is 12.2. The highest BCUT2D eigenvalue weighted by Crippen LogP contribution is 2.21. The number of likely N-dealkylation sites (tertiary alicyclic amines) is 1. The molecule has 9 nitrogen and oxygen atoms in total. The molecule has 0 aromatic heterocycles. The zero-order valence-electron chi connectivity index (χ0n) is 14.6. The van der Waals surface area contributed by atoms with E-state index >= 15 is 0 Å². The first kappa shape index (κ1) is 17.3. The van der Waals surface area contributed by atoms with Gasteiger partial charge in [-0.15, -0.1) is 0 Å². The molecule has 1 saturated heterocycles. The van der Waals surface area contributed by atoms with Gasteiger partial charge >= 0.3 is 11.7 Å². The number of benzene rings is 1. The molecule has 9 heteroatoms. The Kier molecular flexibility index (Phi) is 4.44. The lowest BCUT2D eigenvalue weighted by Gasteiger charge is -2.30. The molecule has 4 rings (SSSR count). The van der Waals surface area contributed by atoms with E-state index in [0.717, 1.165) is 5.52 Å². The van der Waals surface area contributed by atoms with Gasteiger partial charge in [0.25, 0.3) is 5.56 Å². The van der Waals surface area contributed by atoms with Crippen LogP contribution in [0.5, 0.6) is 0 Å². The third-order valence-corrected chi connectivity index (χ3v) is 5.09. The van der Waals surface area contributed by atoms with Crippen molar-refractivity contribution < 1.29 is 9.90 Å². The molecule has 0 bridgehead atoms. The average Bonchev–Trinajstić information content (AvgIpc) is 2.66. The predicted octanol–water partition coefficient (Wildman–Crippen LogP) is 0.381. The van der Waals surface area contributed by atoms with Crippen molar-refractivity contribution in [1.82, 2.24) is 24.4 Å². The van der Waals surface area contributed by atoms with Gasteiger partial charge in [0.15, 0.2) is 11.5 Å². The first-order valence-electron chi connectivity index (χ1n) is 8.88. The first-order valence-corrected chi connectivity index (χ1v) is 8.88. The van der Waals surface area contributed by atoms with Crippen LogP contribution in [-0.2, 0) is 11.3 Å². The Hall–Kier alpha value is -3.07. The number of para-hydroxylation sites is 2. The van der Waals surface area contributed by atoms with E-state index in [9.17, 15) is 14.4 Å². The van der Waals surface area contributed by atoms with Crippen LogP contribution < -0.4 is 11.2 Å². The molecule has 3 aliphatic rings. The predicted molar refractivity (Wildman–Crippen MR) is 97.8 cm³/mol. The van der Waals surface area contributed by atoms with Gasteiger partial charge in [-0.2, -0.15) is 4.98 Å². The summed E-state index contributed by atoms with van der Waals surface area (Å²) in [5.41, 5.74) is 0.341. The number of nitrogens with one attached hydrogen (secondary N) is 1. The number of rotatable bonds is 4. The van der Waals surface area contributed by atoms with Crippen molar-refractivity contribution in [2.75, 3.05) is 19.6 Å². The van der Waals surface area contributed by atoms with Gasteiger partial charge in [-0.25, -0.2) is 9.78 Å². The summed E-state index contributed by atoms with van der Waals surface area (Å²) in [6, 6.07) is 7.40. The van der Waals surface area contributed by atoms with Crippen LogP contribution in [0.15, 0.2) is 33.9 Å². The number of aromatic nitrogens is 4. The number of hydrogen-bond donors (Lipinski definition) is 2. The lowest BCUT2D eigenvalue weighted by Crippen LogP contribution is -2.38. The third-order valence-electron chi connectivity index (χ3n) is 5.09. The normalized spacial score (nSPS) is 16.1. The Bertz CT molecular complexity index is 1080. The van der Waals surface area contributed by atoms with Crippen molar-refractivity contribution in [3.63, 3.8) is 0 Å². The molecular formula is C18H19N5O4. The highest BCUT2D eigenvalue weighted by atomic mass is 16.4. The van der Waals surface area contributed by atoms with Crippen molar-refractivity contribution in [1.29, 1.82) is 0 Å². The van der Waals surface area contributed by atoms with Crippen LogP contribution in [0, 0.1) is 5.92 Å². The van der Waals surface area contributed by atoms with Crippen LogP contribution in [0.3, 0.4) is 0 Å². The molecule has 3 aliphatic heterocycles. The molecule has 27 heavy (non-hydrogen) atoms. The standard InChI is InChI=1S/C18H19N5O4/c24-16-14-15(20-18(27)21-16)23(13-4-2-1-3-12(13)19-14)10-9-22-7-5-11(6-8-22)17(25)26/h1-4,11H,5-10H2,(H,25,26)(H,21,24,27). The van der Waals surface area contributed by atoms with E-state index in [4.69, 9.17) is 5.11 Å². The quantitative estimate of drug-likeness (QED) is 0.638. The number of hydrogen-bond acceptors (Lipinski definition) is 6. The van der Waals surface area contributed by atoms with Gasteiger partial charge in [-0.3, -0.25) is 14.6 Å². The first-order chi connectivity index (χ1) is 13.0. The number of fused-ring (bicyclic) bond motifs is 2. The number of piperidine rings is 1. The summed E-state index contributed by atoms with van der Waals surface area (Å²) in [6.45, 7) is 2.61. The van der Waals surface area contributed by atoms with Gasteiger partial charge < -0.3 is 14.6 Å². The molecule has 0 aliphatic carbocycles. The summed E-state index contributed by atoms with van der Waals surface area (Å²) in [6.07, 6.45) is 1.25. The molecule has 1 aromatic carbocycles. The average molecular weight is 369 g/mol. The molecule has 3 heterocycles. The monoisotopic (exact) mass is 369 g/mol. The van der Waals surface area contributed by atoms with Crippen LogP contribution in [-0.4, -0.2) is 55.1 Å². The number of carboxylic acids is 1. The second kappa shape index (κ2) is 6.92. The molecule has 0 unspecified atom stereocenters. The van der Waals surface area contributed by atoms with E-state index in [0.29, 0.717) is 44.5 Å². The highest BCUT2D eigenvalue weighted by Gasteiger charge is 2.25. The molecule has 2 N–H and O–H groups in total. The summed E-state index contributed by atoms with van der Waals surface area (Å²) in [4.78, 5) is 47.7. The van der Waals surface area contributed by atoms with Crippen molar-refractivity contribution in [2.24, 2.45) is 5.92 Å². The molecule has 0 saturated carbocycles. The van der Waals surface area contributed by atoms with Crippen molar-refractivity contribution >= 4 is 17.0 Å². The lowest BCUT2D eigenvalue weighted by atomic mass is 9.97. The topological polar surface area (TPSA) is 121 Å². The Morgan fingerprint density at radius 1 is 1.15 bits per heavy atom. The zero-order chi connectivity index (χ0) is 19.0. The Balaban J connectivity index is 1.67. The van der Waals surface area contributed by atoms with E-state index in [2.05, 4.69) is 19.9 Å². The fourth-order valence-corrected chi connectivity index (χ4v) is 3.62. The highest BCUT2D eigenvalue weighted by molar-refractivity contribution is 5.79. The summed E-state index contributed by atoms with van der Waals surface area (Å²) in [7, 11) is 0. The molecule has 0 radical (unpaired) electrons. The van der Waals surface area contributed by atoms with Crippen LogP contribution in [0.25, 0.3) is 22.6 Å². The minimum atomic E-state index is -0.735. The van der Waals surface area contributed by atoms with E-state index in [1.54, 1.807) is 0 Å². The fourth-order valence-electron chi connectivity index (χ4n) is 3.62. The van der Waals surface area contributed by atoms with Gasteiger partial charge in [0.2, 0.25) is 0 Å². The van der Waals surface area contributed by atoms with Crippen LogP contribution in [0.1, 0.15) is 12.8 Å². The number of aliphatic carboxylic acids is 1. The van der Waals surface area contributed by atoms with Gasteiger partial charge in [0.05, 0.1) is 17.0 Å². The maximum atomic E-state index is 12.2. The molecule has 140 valence electrons. The molecule has 0 atom stereocenters. The maximum Gasteiger partial charge on any atom is 0.349 e. The summed E-state index contributed by atoms with van der Waals surface area (Å²) < 4.78 is 1.84. The van der Waals surface area contributed by atoms with Gasteiger partial charge in [-0.1, -0.05) is 12.1 Å². The Morgan fingerprint density at radius 2 is 1.89 bits per heavy atom. The van der Waals surface area contributed by atoms with Gasteiger partial charge in [-0.05, 0) is 38.1 Å². The van der Waals surface area contributed by atoms with E-state index < -0.39 is 17.2 Å². The molecule has 0 spiro atoms. The minimum Gasteiger partial charge on any atom is -0.481 e. The molecule has 0 amide bonds. The number of aromatic amines is 1. The Labute approximate surface area is 153 Å². The lowest BCUT2D eigenvalue weighted by molar-refractivity contribution is -0.143. The van der Waals surface area contributed by atoms with Crippen LogP contribution in [0.2, 0.25) is 0 Å². The summed E-state index contributed by atoms with van der Waals surface area (Å²) >= 11 is 0.